The van der Waals surface area contributed by atoms with Gasteiger partial charge in [0.15, 0.2) is 0 Å². The molecule has 1 atom stereocenters. The van der Waals surface area contributed by atoms with Crippen molar-refractivity contribution in [2.75, 3.05) is 24.5 Å². The maximum atomic E-state index is 13.2. The molecular weight excluding hydrogens is 307 g/mol. The lowest BCUT2D eigenvalue weighted by atomic mass is 10.0. The van der Waals surface area contributed by atoms with Gasteiger partial charge in [-0.15, -0.1) is 0 Å². The monoisotopic (exact) mass is 324 g/mol. The highest BCUT2D eigenvalue weighted by Crippen LogP contribution is 2.29. The predicted octanol–water partition coefficient (Wildman–Crippen LogP) is 2.84. The molecule has 2 heterocycles. The summed E-state index contributed by atoms with van der Waals surface area (Å²) in [7, 11) is 0. The molecule has 0 bridgehead atoms. The molecule has 118 valence electrons. The van der Waals surface area contributed by atoms with Gasteiger partial charge in [0.25, 0.3) is 0 Å². The van der Waals surface area contributed by atoms with E-state index < -0.39 is 5.82 Å². The largest absolute Gasteiger partial charge is 0.342 e. The molecule has 2 amide bonds. The molecule has 0 N–H and O–H groups in total. The summed E-state index contributed by atoms with van der Waals surface area (Å²) in [6.45, 7) is 1.91. The van der Waals surface area contributed by atoms with Crippen molar-refractivity contribution >= 4 is 29.1 Å². The summed E-state index contributed by atoms with van der Waals surface area (Å²) in [5.41, 5.74) is 0.547. The SMILES string of the molecule is O=C(C1CC(=O)N(c2ccc(F)c(Cl)c2)C1)N1CCCCC1. The fraction of sp³-hybridized carbons (Fsp3) is 0.500. The lowest BCUT2D eigenvalue weighted by molar-refractivity contribution is -0.136. The first-order chi connectivity index (χ1) is 10.6. The molecule has 3 rings (SSSR count). The fourth-order valence-electron chi connectivity index (χ4n) is 3.15. The number of hydrogen-bond donors (Lipinski definition) is 0. The number of nitrogens with zero attached hydrogens (tertiary/aromatic N) is 2. The van der Waals surface area contributed by atoms with Gasteiger partial charge < -0.3 is 9.80 Å². The molecule has 4 nitrogen and oxygen atoms in total. The topological polar surface area (TPSA) is 40.6 Å². The van der Waals surface area contributed by atoms with E-state index >= 15 is 0 Å². The van der Waals surface area contributed by atoms with Gasteiger partial charge in [-0.1, -0.05) is 11.6 Å². The van der Waals surface area contributed by atoms with Crippen LogP contribution in [-0.2, 0) is 9.59 Å². The van der Waals surface area contributed by atoms with Gasteiger partial charge in [-0.25, -0.2) is 4.39 Å². The number of carbonyl (C=O) groups is 2. The van der Waals surface area contributed by atoms with Crippen LogP contribution in [0.5, 0.6) is 0 Å². The zero-order valence-electron chi connectivity index (χ0n) is 12.2. The third-order valence-corrected chi connectivity index (χ3v) is 4.65. The highest BCUT2D eigenvalue weighted by atomic mass is 35.5. The van der Waals surface area contributed by atoms with Crippen LogP contribution in [0, 0.1) is 11.7 Å². The second-order valence-electron chi connectivity index (χ2n) is 5.89. The molecule has 0 aromatic heterocycles. The molecule has 2 aliphatic heterocycles. The predicted molar refractivity (Wildman–Crippen MR) is 82.3 cm³/mol. The van der Waals surface area contributed by atoms with Crippen molar-refractivity contribution in [2.45, 2.75) is 25.7 Å². The summed E-state index contributed by atoms with van der Waals surface area (Å²) in [5, 5.41) is -0.0175. The van der Waals surface area contributed by atoms with Gasteiger partial charge in [0.1, 0.15) is 5.82 Å². The Kier molecular flexibility index (Phi) is 4.34. The third-order valence-electron chi connectivity index (χ3n) is 4.36. The quantitative estimate of drug-likeness (QED) is 0.839. The lowest BCUT2D eigenvalue weighted by Crippen LogP contribution is -2.40. The fourth-order valence-corrected chi connectivity index (χ4v) is 3.32. The Morgan fingerprint density at radius 3 is 2.64 bits per heavy atom. The minimum absolute atomic E-state index is 0.0175. The van der Waals surface area contributed by atoms with Crippen LogP contribution < -0.4 is 4.90 Å². The smallest absolute Gasteiger partial charge is 0.228 e. The lowest BCUT2D eigenvalue weighted by Gasteiger charge is -2.29. The van der Waals surface area contributed by atoms with Crippen LogP contribution in [0.15, 0.2) is 18.2 Å². The Bertz CT molecular complexity index is 602. The minimum atomic E-state index is -0.516. The molecule has 0 radical (unpaired) electrons. The second kappa shape index (κ2) is 6.24. The average molecular weight is 325 g/mol. The molecular formula is C16H18ClFN2O2. The molecule has 6 heteroatoms. The summed E-state index contributed by atoms with van der Waals surface area (Å²) >= 11 is 5.77. The van der Waals surface area contributed by atoms with E-state index in [1.807, 2.05) is 4.90 Å². The zero-order chi connectivity index (χ0) is 15.7. The van der Waals surface area contributed by atoms with Gasteiger partial charge in [-0.05, 0) is 37.5 Å². The molecule has 1 aromatic rings. The van der Waals surface area contributed by atoms with E-state index in [0.717, 1.165) is 32.4 Å². The molecule has 0 aliphatic carbocycles. The normalized spacial score (nSPS) is 22.3. The van der Waals surface area contributed by atoms with Crippen LogP contribution >= 0.6 is 11.6 Å². The maximum Gasteiger partial charge on any atom is 0.228 e. The number of piperidine rings is 1. The van der Waals surface area contributed by atoms with Gasteiger partial charge in [-0.3, -0.25) is 9.59 Å². The van der Waals surface area contributed by atoms with Crippen LogP contribution in [0.25, 0.3) is 0 Å². The Morgan fingerprint density at radius 1 is 1.23 bits per heavy atom. The Hall–Kier alpha value is -1.62. The van der Waals surface area contributed by atoms with Crippen LogP contribution in [0.4, 0.5) is 10.1 Å². The summed E-state index contributed by atoms with van der Waals surface area (Å²) in [4.78, 5) is 28.1. The van der Waals surface area contributed by atoms with E-state index in [1.165, 1.54) is 23.1 Å². The standard InChI is InChI=1S/C16H18ClFN2O2/c17-13-9-12(4-5-14(13)18)20-10-11(8-15(20)21)16(22)19-6-2-1-3-7-19/h4-5,9,11H,1-3,6-8,10H2. The van der Waals surface area contributed by atoms with Crippen LogP contribution in [-0.4, -0.2) is 36.3 Å². The Balaban J connectivity index is 1.72. The van der Waals surface area contributed by atoms with Gasteiger partial charge in [0.05, 0.1) is 10.9 Å². The van der Waals surface area contributed by atoms with E-state index in [0.29, 0.717) is 12.2 Å². The Morgan fingerprint density at radius 2 is 1.95 bits per heavy atom. The highest BCUT2D eigenvalue weighted by Gasteiger charge is 2.37. The molecule has 22 heavy (non-hydrogen) atoms. The number of amides is 2. The molecule has 2 saturated heterocycles. The summed E-state index contributed by atoms with van der Waals surface area (Å²) < 4.78 is 13.2. The molecule has 2 aliphatic rings. The minimum Gasteiger partial charge on any atom is -0.342 e. The van der Waals surface area contributed by atoms with Crippen molar-refractivity contribution in [3.63, 3.8) is 0 Å². The first kappa shape index (κ1) is 15.3. The van der Waals surface area contributed by atoms with Gasteiger partial charge in [0.2, 0.25) is 11.8 Å². The molecule has 2 fully saturated rings. The second-order valence-corrected chi connectivity index (χ2v) is 6.30. The number of hydrogen-bond acceptors (Lipinski definition) is 2. The molecule has 0 saturated carbocycles. The van der Waals surface area contributed by atoms with Crippen molar-refractivity contribution in [1.29, 1.82) is 0 Å². The number of likely N-dealkylation sites (tertiary alicyclic amines) is 1. The highest BCUT2D eigenvalue weighted by molar-refractivity contribution is 6.31. The molecule has 1 unspecified atom stereocenters. The van der Waals surface area contributed by atoms with Crippen molar-refractivity contribution in [1.82, 2.24) is 4.90 Å². The van der Waals surface area contributed by atoms with Gasteiger partial charge in [0, 0.05) is 31.7 Å². The van der Waals surface area contributed by atoms with Gasteiger partial charge >= 0.3 is 0 Å². The van der Waals surface area contributed by atoms with E-state index in [9.17, 15) is 14.0 Å². The number of benzene rings is 1. The van der Waals surface area contributed by atoms with Crippen molar-refractivity contribution in [2.24, 2.45) is 5.92 Å². The summed E-state index contributed by atoms with van der Waals surface area (Å²) in [6, 6.07) is 4.19. The molecule has 0 spiro atoms. The van der Waals surface area contributed by atoms with Crippen LogP contribution in [0.1, 0.15) is 25.7 Å². The number of anilines is 1. The Labute approximate surface area is 133 Å². The number of carbonyl (C=O) groups excluding carboxylic acids is 2. The van der Waals surface area contributed by atoms with E-state index in [1.54, 1.807) is 0 Å². The average Bonchev–Trinajstić information content (AvgIpc) is 2.92. The molecule has 1 aromatic carbocycles. The summed E-state index contributed by atoms with van der Waals surface area (Å²) in [5.74, 6) is -0.880. The third kappa shape index (κ3) is 2.95. The summed E-state index contributed by atoms with van der Waals surface area (Å²) in [6.07, 6.45) is 3.44. The number of rotatable bonds is 2. The van der Waals surface area contributed by atoms with Gasteiger partial charge in [-0.2, -0.15) is 0 Å². The van der Waals surface area contributed by atoms with E-state index in [4.69, 9.17) is 11.6 Å². The zero-order valence-corrected chi connectivity index (χ0v) is 13.0. The van der Waals surface area contributed by atoms with Crippen molar-refractivity contribution < 1.29 is 14.0 Å². The maximum absolute atomic E-state index is 13.2. The van der Waals surface area contributed by atoms with E-state index in [-0.39, 0.29) is 29.2 Å². The first-order valence-electron chi connectivity index (χ1n) is 7.60. The van der Waals surface area contributed by atoms with Crippen LogP contribution in [0.2, 0.25) is 5.02 Å². The first-order valence-corrected chi connectivity index (χ1v) is 7.98. The number of halogens is 2. The van der Waals surface area contributed by atoms with E-state index in [2.05, 4.69) is 0 Å². The van der Waals surface area contributed by atoms with Crippen LogP contribution in [0.3, 0.4) is 0 Å². The van der Waals surface area contributed by atoms with Crippen molar-refractivity contribution in [3.8, 4) is 0 Å². The van der Waals surface area contributed by atoms with Crippen molar-refractivity contribution in [3.05, 3.63) is 29.0 Å².